The van der Waals surface area contributed by atoms with Crippen LogP contribution in [0.5, 0.6) is 11.5 Å². The van der Waals surface area contributed by atoms with E-state index in [2.05, 4.69) is 20.8 Å². The van der Waals surface area contributed by atoms with Crippen LogP contribution in [0, 0.1) is 0 Å². The summed E-state index contributed by atoms with van der Waals surface area (Å²) in [5, 5.41) is 23.1. The molecule has 35 heavy (non-hydrogen) atoms. The van der Waals surface area contributed by atoms with Crippen molar-refractivity contribution < 1.29 is 19.0 Å². The summed E-state index contributed by atoms with van der Waals surface area (Å²) in [6.07, 6.45) is 0. The van der Waals surface area contributed by atoms with E-state index in [-0.39, 0.29) is 39.2 Å². The van der Waals surface area contributed by atoms with Gasteiger partial charge in [-0.1, -0.05) is 69.3 Å². The van der Waals surface area contributed by atoms with Crippen molar-refractivity contribution in [2.24, 2.45) is 0 Å². The Kier molecular flexibility index (Phi) is 5.24. The van der Waals surface area contributed by atoms with Crippen LogP contribution >= 0.6 is 0 Å². The molecule has 176 valence electrons. The number of rotatable bonds is 3. The van der Waals surface area contributed by atoms with Crippen LogP contribution in [0.25, 0.3) is 21.9 Å². The highest BCUT2D eigenvalue weighted by molar-refractivity contribution is 5.86. The van der Waals surface area contributed by atoms with Crippen molar-refractivity contribution in [3.63, 3.8) is 0 Å². The van der Waals surface area contributed by atoms with E-state index in [0.717, 1.165) is 5.56 Å². The molecular formula is C29H24O6. The molecule has 0 spiro atoms. The molecule has 5 rings (SSSR count). The minimum atomic E-state index is -1.13. The quantitative estimate of drug-likeness (QED) is 0.325. The van der Waals surface area contributed by atoms with Gasteiger partial charge in [-0.2, -0.15) is 0 Å². The molecule has 0 bridgehead atoms. The Morgan fingerprint density at radius 2 is 1.09 bits per heavy atom. The Bertz CT molecular complexity index is 1580. The Morgan fingerprint density at radius 3 is 1.51 bits per heavy atom. The van der Waals surface area contributed by atoms with Crippen LogP contribution in [0.3, 0.4) is 0 Å². The highest BCUT2D eigenvalue weighted by Gasteiger charge is 2.32. The first-order valence-electron chi connectivity index (χ1n) is 11.3. The van der Waals surface area contributed by atoms with Gasteiger partial charge in [-0.05, 0) is 40.8 Å². The molecular weight excluding hydrogens is 444 g/mol. The normalized spacial score (nSPS) is 12.0. The summed E-state index contributed by atoms with van der Waals surface area (Å²) in [5.41, 5.74) is -0.0299. The zero-order chi connectivity index (χ0) is 24.9. The lowest BCUT2D eigenvalue weighted by Crippen LogP contribution is -2.21. The molecule has 0 aliphatic rings. The molecule has 0 radical (unpaired) electrons. The lowest BCUT2D eigenvalue weighted by Gasteiger charge is -2.22. The van der Waals surface area contributed by atoms with E-state index in [4.69, 9.17) is 8.83 Å². The van der Waals surface area contributed by atoms with Crippen molar-refractivity contribution in [3.05, 3.63) is 116 Å². The van der Waals surface area contributed by atoms with Crippen molar-refractivity contribution in [1.82, 2.24) is 0 Å². The largest absolute Gasteiger partial charge is 0.507 e. The number of hydrogen-bond donors (Lipinski definition) is 2. The van der Waals surface area contributed by atoms with Crippen molar-refractivity contribution in [2.75, 3.05) is 0 Å². The predicted octanol–water partition coefficient (Wildman–Crippen LogP) is 5.79. The molecule has 6 heteroatoms. The van der Waals surface area contributed by atoms with E-state index in [9.17, 15) is 19.8 Å². The topological polar surface area (TPSA) is 101 Å². The third kappa shape index (κ3) is 3.77. The number of para-hydroxylation sites is 2. The van der Waals surface area contributed by atoms with Crippen LogP contribution in [0.15, 0.2) is 91.2 Å². The fourth-order valence-electron chi connectivity index (χ4n) is 4.46. The van der Waals surface area contributed by atoms with Gasteiger partial charge in [0.2, 0.25) is 0 Å². The Labute approximate surface area is 200 Å². The molecule has 0 atom stereocenters. The monoisotopic (exact) mass is 468 g/mol. The van der Waals surface area contributed by atoms with Crippen molar-refractivity contribution in [3.8, 4) is 11.5 Å². The fraction of sp³-hybridized carbons (Fsp3) is 0.172. The molecule has 0 saturated carbocycles. The summed E-state index contributed by atoms with van der Waals surface area (Å²) < 4.78 is 11.0. The average molecular weight is 469 g/mol. The van der Waals surface area contributed by atoms with Gasteiger partial charge in [-0.15, -0.1) is 0 Å². The van der Waals surface area contributed by atoms with Crippen LogP contribution in [-0.2, 0) is 5.41 Å². The maximum Gasteiger partial charge on any atom is 0.344 e. The third-order valence-electron chi connectivity index (χ3n) is 6.33. The van der Waals surface area contributed by atoms with Crippen LogP contribution in [0.2, 0.25) is 0 Å². The summed E-state index contributed by atoms with van der Waals surface area (Å²) >= 11 is 0. The maximum atomic E-state index is 13.2. The van der Waals surface area contributed by atoms with E-state index in [0.29, 0.717) is 16.3 Å². The molecule has 2 N–H and O–H groups in total. The van der Waals surface area contributed by atoms with Gasteiger partial charge in [0.25, 0.3) is 0 Å². The van der Waals surface area contributed by atoms with Crippen molar-refractivity contribution >= 4 is 21.9 Å². The summed E-state index contributed by atoms with van der Waals surface area (Å²) in [6, 6.07) is 20.6. The average Bonchev–Trinajstić information content (AvgIpc) is 2.82. The van der Waals surface area contributed by atoms with Gasteiger partial charge in [0.15, 0.2) is 0 Å². The number of benzene rings is 3. The molecule has 6 nitrogen and oxygen atoms in total. The molecule has 0 aliphatic heterocycles. The molecule has 0 fully saturated rings. The molecule has 2 heterocycles. The van der Waals surface area contributed by atoms with Gasteiger partial charge in [-0.25, -0.2) is 9.59 Å². The number of aromatic hydroxyl groups is 2. The number of fused-ring (bicyclic) bond motifs is 2. The molecule has 2 aromatic heterocycles. The smallest absolute Gasteiger partial charge is 0.344 e. The van der Waals surface area contributed by atoms with E-state index >= 15 is 0 Å². The Morgan fingerprint density at radius 1 is 0.657 bits per heavy atom. The third-order valence-corrected chi connectivity index (χ3v) is 6.33. The van der Waals surface area contributed by atoms with Crippen molar-refractivity contribution in [2.45, 2.75) is 32.1 Å². The summed E-state index contributed by atoms with van der Waals surface area (Å²) in [7, 11) is 0. The van der Waals surface area contributed by atoms with Crippen molar-refractivity contribution in [1.29, 1.82) is 0 Å². The molecule has 3 aromatic carbocycles. The minimum Gasteiger partial charge on any atom is -0.507 e. The fourth-order valence-corrected chi connectivity index (χ4v) is 4.46. The first-order valence-corrected chi connectivity index (χ1v) is 11.3. The first-order chi connectivity index (χ1) is 16.7. The van der Waals surface area contributed by atoms with Crippen LogP contribution < -0.4 is 11.3 Å². The molecule has 0 aliphatic carbocycles. The van der Waals surface area contributed by atoms with Gasteiger partial charge in [0.05, 0.1) is 27.8 Å². The van der Waals surface area contributed by atoms with Gasteiger partial charge >= 0.3 is 11.3 Å². The SMILES string of the molecule is CC(C)(C)c1ccc(C(c2c(O)c3ccccc3oc2=O)c2c(O)c3ccccc3oc2=O)cc1. The molecule has 0 saturated heterocycles. The van der Waals surface area contributed by atoms with Gasteiger partial charge < -0.3 is 19.0 Å². The second-order valence-corrected chi connectivity index (χ2v) is 9.60. The maximum absolute atomic E-state index is 13.2. The van der Waals surface area contributed by atoms with Gasteiger partial charge in [0, 0.05) is 0 Å². The highest BCUT2D eigenvalue weighted by Crippen LogP contribution is 2.42. The van der Waals surface area contributed by atoms with E-state index in [1.807, 2.05) is 12.1 Å². The van der Waals surface area contributed by atoms with Crippen LogP contribution in [0.1, 0.15) is 48.9 Å². The Hall–Kier alpha value is -4.32. The van der Waals surface area contributed by atoms with Gasteiger partial charge in [0.1, 0.15) is 22.7 Å². The standard InChI is InChI=1S/C29H24O6/c1-29(2,3)17-14-12-16(13-15-17)22(23-25(30)18-8-4-6-10-20(18)34-27(23)32)24-26(31)19-9-5-7-11-21(19)35-28(24)33/h4-15,22,30-31H,1-3H3. The minimum absolute atomic E-state index is 0.123. The zero-order valence-electron chi connectivity index (χ0n) is 19.5. The van der Waals surface area contributed by atoms with Crippen LogP contribution in [0.4, 0.5) is 0 Å². The lowest BCUT2D eigenvalue weighted by atomic mass is 9.82. The van der Waals surface area contributed by atoms with Crippen LogP contribution in [-0.4, -0.2) is 10.2 Å². The molecule has 0 amide bonds. The first kappa shape index (κ1) is 22.5. The van der Waals surface area contributed by atoms with E-state index in [1.54, 1.807) is 60.7 Å². The molecule has 5 aromatic rings. The van der Waals surface area contributed by atoms with Gasteiger partial charge in [-0.3, -0.25) is 0 Å². The van der Waals surface area contributed by atoms with E-state index < -0.39 is 17.2 Å². The highest BCUT2D eigenvalue weighted by atomic mass is 16.4. The molecule has 0 unspecified atom stereocenters. The lowest BCUT2D eigenvalue weighted by molar-refractivity contribution is 0.441. The second-order valence-electron chi connectivity index (χ2n) is 9.60. The Balaban J connectivity index is 1.87. The summed E-state index contributed by atoms with van der Waals surface area (Å²) in [6.45, 7) is 6.23. The second kappa shape index (κ2) is 8.17. The summed E-state index contributed by atoms with van der Waals surface area (Å²) in [5.74, 6) is -1.76. The van der Waals surface area contributed by atoms with E-state index in [1.165, 1.54) is 0 Å². The summed E-state index contributed by atoms with van der Waals surface area (Å²) in [4.78, 5) is 26.4. The zero-order valence-corrected chi connectivity index (χ0v) is 19.5. The predicted molar refractivity (Wildman–Crippen MR) is 134 cm³/mol. The number of hydrogen-bond acceptors (Lipinski definition) is 6.